The van der Waals surface area contributed by atoms with E-state index in [1.807, 2.05) is 5.32 Å². The highest BCUT2D eigenvalue weighted by Crippen LogP contribution is 2.35. The van der Waals surface area contributed by atoms with E-state index in [2.05, 4.69) is 11.9 Å². The van der Waals surface area contributed by atoms with Gasteiger partial charge in [0.05, 0.1) is 24.7 Å². The predicted molar refractivity (Wildman–Crippen MR) is 92.8 cm³/mol. The molecule has 0 atom stereocenters. The van der Waals surface area contributed by atoms with Crippen molar-refractivity contribution in [1.29, 1.82) is 0 Å². The summed E-state index contributed by atoms with van der Waals surface area (Å²) < 4.78 is 15.0. The van der Waals surface area contributed by atoms with Gasteiger partial charge >= 0.3 is 12.0 Å². The van der Waals surface area contributed by atoms with Gasteiger partial charge in [-0.05, 0) is 6.92 Å². The Balaban J connectivity index is 2.89. The second kappa shape index (κ2) is 10.4. The molecular weight excluding hydrogens is 362 g/mol. The highest BCUT2D eigenvalue weighted by Gasteiger charge is 2.26. The number of nitrogens with one attached hydrogen (secondary N) is 2. The largest absolute Gasteiger partial charge is 0.493 e. The number of hydrogen-bond acceptors (Lipinski definition) is 8. The smallest absolute Gasteiger partial charge is 0.345 e. The van der Waals surface area contributed by atoms with Gasteiger partial charge in [0.1, 0.15) is 5.56 Å². The van der Waals surface area contributed by atoms with Crippen LogP contribution in [0, 0.1) is 10.1 Å². The summed E-state index contributed by atoms with van der Waals surface area (Å²) in [6.45, 7) is 4.62. The van der Waals surface area contributed by atoms with E-state index in [4.69, 9.17) is 14.2 Å². The highest BCUT2D eigenvalue weighted by molar-refractivity contribution is 5.98. The van der Waals surface area contributed by atoms with Gasteiger partial charge in [-0.15, -0.1) is 6.58 Å². The molecular formula is C16H19N3O8. The highest BCUT2D eigenvalue weighted by atomic mass is 16.6. The summed E-state index contributed by atoms with van der Waals surface area (Å²) in [7, 11) is 1.30. The third kappa shape index (κ3) is 6.30. The minimum atomic E-state index is -1.13. The zero-order valence-corrected chi connectivity index (χ0v) is 14.8. The van der Waals surface area contributed by atoms with Gasteiger partial charge in [-0.2, -0.15) is 0 Å². The fourth-order valence-corrected chi connectivity index (χ4v) is 1.87. The number of imide groups is 1. The molecule has 27 heavy (non-hydrogen) atoms. The summed E-state index contributed by atoms with van der Waals surface area (Å²) in [4.78, 5) is 45.5. The first kappa shape index (κ1) is 21.4. The van der Waals surface area contributed by atoms with Crippen LogP contribution in [0.2, 0.25) is 0 Å². The number of hydrogen-bond donors (Lipinski definition) is 2. The van der Waals surface area contributed by atoms with Crippen LogP contribution < -0.4 is 20.1 Å². The number of carbonyl (C=O) groups excluding carboxylic acids is 3. The molecule has 0 heterocycles. The average Bonchev–Trinajstić information content (AvgIpc) is 2.64. The van der Waals surface area contributed by atoms with Crippen LogP contribution >= 0.6 is 0 Å². The molecule has 1 rings (SSSR count). The van der Waals surface area contributed by atoms with Crippen molar-refractivity contribution in [3.63, 3.8) is 0 Å². The lowest BCUT2D eigenvalue weighted by molar-refractivity contribution is -0.385. The Bertz CT molecular complexity index is 747. The first-order valence-electron chi connectivity index (χ1n) is 7.68. The average molecular weight is 381 g/mol. The molecule has 11 heteroatoms. The topological polar surface area (TPSA) is 146 Å². The zero-order chi connectivity index (χ0) is 20.4. The van der Waals surface area contributed by atoms with Gasteiger partial charge in [-0.3, -0.25) is 20.2 Å². The lowest BCUT2D eigenvalue weighted by Crippen LogP contribution is -2.41. The molecule has 0 spiro atoms. The minimum absolute atomic E-state index is 0.0832. The Morgan fingerprint density at radius 2 is 2.00 bits per heavy atom. The molecule has 0 aliphatic heterocycles. The number of nitro benzene ring substituents is 1. The molecule has 0 radical (unpaired) electrons. The molecule has 3 amide bonds. The van der Waals surface area contributed by atoms with Gasteiger partial charge in [0.15, 0.2) is 18.1 Å². The second-order valence-corrected chi connectivity index (χ2v) is 4.83. The van der Waals surface area contributed by atoms with E-state index in [0.717, 1.165) is 12.1 Å². The van der Waals surface area contributed by atoms with Crippen molar-refractivity contribution in [2.75, 3.05) is 26.9 Å². The fraction of sp³-hybridized carbons (Fsp3) is 0.312. The number of urea groups is 1. The molecule has 0 aliphatic rings. The zero-order valence-electron chi connectivity index (χ0n) is 14.8. The van der Waals surface area contributed by atoms with Gasteiger partial charge in [-0.25, -0.2) is 9.59 Å². The number of nitro groups is 1. The van der Waals surface area contributed by atoms with Crippen LogP contribution in [0.5, 0.6) is 11.5 Å². The molecule has 0 saturated carbocycles. The van der Waals surface area contributed by atoms with E-state index in [-0.39, 0.29) is 24.7 Å². The maximum atomic E-state index is 12.2. The quantitative estimate of drug-likeness (QED) is 0.280. The van der Waals surface area contributed by atoms with Crippen molar-refractivity contribution in [2.45, 2.75) is 6.92 Å². The summed E-state index contributed by atoms with van der Waals surface area (Å²) in [6, 6.07) is 1.31. The maximum Gasteiger partial charge on any atom is 0.345 e. The maximum absolute atomic E-state index is 12.2. The Morgan fingerprint density at radius 1 is 1.30 bits per heavy atom. The number of carbonyl (C=O) groups is 3. The monoisotopic (exact) mass is 381 g/mol. The lowest BCUT2D eigenvalue weighted by atomic mass is 10.1. The normalized spacial score (nSPS) is 9.70. The first-order chi connectivity index (χ1) is 12.8. The standard InChI is InChI=1S/C16H19N3O8/c1-4-6-17-16(22)18-14(20)9-27-15(21)10-7-12(25-3)13(26-5-2)8-11(10)19(23)24/h4,7-8H,1,5-6,9H2,2-3H3,(H2,17,18,20,22). The number of nitrogens with zero attached hydrogens (tertiary/aromatic N) is 1. The van der Waals surface area contributed by atoms with Crippen LogP contribution in [0.3, 0.4) is 0 Å². The van der Waals surface area contributed by atoms with Gasteiger partial charge < -0.3 is 19.5 Å². The van der Waals surface area contributed by atoms with Gasteiger partial charge in [0, 0.05) is 12.6 Å². The van der Waals surface area contributed by atoms with Crippen LogP contribution in [0.15, 0.2) is 24.8 Å². The summed E-state index contributed by atoms with van der Waals surface area (Å²) >= 11 is 0. The fourth-order valence-electron chi connectivity index (χ4n) is 1.87. The molecule has 0 aliphatic carbocycles. The van der Waals surface area contributed by atoms with E-state index in [1.54, 1.807) is 6.92 Å². The number of rotatable bonds is 9. The lowest BCUT2D eigenvalue weighted by Gasteiger charge is -2.11. The van der Waals surface area contributed by atoms with Crippen LogP contribution in [0.1, 0.15) is 17.3 Å². The third-order valence-corrected chi connectivity index (χ3v) is 2.99. The van der Waals surface area contributed by atoms with Crippen molar-refractivity contribution in [1.82, 2.24) is 10.6 Å². The SMILES string of the molecule is C=CCNC(=O)NC(=O)COC(=O)c1cc(OC)c(OCC)cc1[N+](=O)[O-]. The number of methoxy groups -OCH3 is 1. The molecule has 2 N–H and O–H groups in total. The van der Waals surface area contributed by atoms with E-state index >= 15 is 0 Å². The molecule has 1 aromatic carbocycles. The van der Waals surface area contributed by atoms with Gasteiger partial charge in [-0.1, -0.05) is 6.08 Å². The molecule has 0 fully saturated rings. The Hall–Kier alpha value is -3.63. The summed E-state index contributed by atoms with van der Waals surface area (Å²) in [5.74, 6) is -1.88. The molecule has 1 aromatic rings. The van der Waals surface area contributed by atoms with Crippen molar-refractivity contribution < 1.29 is 33.5 Å². The predicted octanol–water partition coefficient (Wildman–Crippen LogP) is 1.17. The molecule has 0 unspecified atom stereocenters. The third-order valence-electron chi connectivity index (χ3n) is 2.99. The Labute approximate surface area is 154 Å². The number of amides is 3. The number of benzene rings is 1. The van der Waals surface area contributed by atoms with Crippen molar-refractivity contribution in [2.24, 2.45) is 0 Å². The summed E-state index contributed by atoms with van der Waals surface area (Å²) in [5.41, 5.74) is -1.00. The van der Waals surface area contributed by atoms with Gasteiger partial charge in [0.25, 0.3) is 11.6 Å². The van der Waals surface area contributed by atoms with Crippen molar-refractivity contribution in [3.05, 3.63) is 40.5 Å². The van der Waals surface area contributed by atoms with E-state index < -0.39 is 40.7 Å². The molecule has 0 bridgehead atoms. The Morgan fingerprint density at radius 3 is 2.56 bits per heavy atom. The first-order valence-corrected chi connectivity index (χ1v) is 7.68. The summed E-state index contributed by atoms with van der Waals surface area (Å²) in [6.07, 6.45) is 1.41. The molecule has 146 valence electrons. The van der Waals surface area contributed by atoms with E-state index in [1.165, 1.54) is 13.2 Å². The number of ether oxygens (including phenoxy) is 3. The van der Waals surface area contributed by atoms with Crippen LogP contribution in [-0.4, -0.2) is 49.7 Å². The van der Waals surface area contributed by atoms with E-state index in [0.29, 0.717) is 0 Å². The van der Waals surface area contributed by atoms with Crippen molar-refractivity contribution >= 4 is 23.6 Å². The molecule has 0 saturated heterocycles. The number of esters is 1. The van der Waals surface area contributed by atoms with E-state index in [9.17, 15) is 24.5 Å². The second-order valence-electron chi connectivity index (χ2n) is 4.83. The molecule has 0 aromatic heterocycles. The van der Waals surface area contributed by atoms with Crippen LogP contribution in [-0.2, 0) is 9.53 Å². The molecule has 11 nitrogen and oxygen atoms in total. The minimum Gasteiger partial charge on any atom is -0.493 e. The Kier molecular flexibility index (Phi) is 8.23. The van der Waals surface area contributed by atoms with Crippen LogP contribution in [0.4, 0.5) is 10.5 Å². The van der Waals surface area contributed by atoms with Crippen LogP contribution in [0.25, 0.3) is 0 Å². The van der Waals surface area contributed by atoms with Crippen molar-refractivity contribution in [3.8, 4) is 11.5 Å². The van der Waals surface area contributed by atoms with Gasteiger partial charge in [0.2, 0.25) is 0 Å². The summed E-state index contributed by atoms with van der Waals surface area (Å²) in [5, 5.41) is 15.4.